The van der Waals surface area contributed by atoms with Gasteiger partial charge in [0.25, 0.3) is 0 Å². The summed E-state index contributed by atoms with van der Waals surface area (Å²) >= 11 is 0. The van der Waals surface area contributed by atoms with E-state index in [1.807, 2.05) is 0 Å². The van der Waals surface area contributed by atoms with Gasteiger partial charge in [-0.2, -0.15) is 0 Å². The first-order chi connectivity index (χ1) is 21.1. The van der Waals surface area contributed by atoms with Crippen molar-refractivity contribution in [3.8, 4) is 33.4 Å². The highest BCUT2D eigenvalue weighted by molar-refractivity contribution is 6.06. The summed E-state index contributed by atoms with van der Waals surface area (Å²) in [6, 6.07) is 45.0. The topological polar surface area (TPSA) is 3.24 Å². The average Bonchev–Trinajstić information content (AvgIpc) is 3.23. The minimum absolute atomic E-state index is 0.000495. The fourth-order valence-electron chi connectivity index (χ4n) is 7.37. The minimum Gasteiger partial charge on any atom is -0.335 e. The molecule has 0 saturated heterocycles. The Bertz CT molecular complexity index is 2040. The van der Waals surface area contributed by atoms with Gasteiger partial charge >= 0.3 is 0 Å². The van der Waals surface area contributed by atoms with Crippen LogP contribution in [0.4, 0.5) is 11.4 Å². The largest absolute Gasteiger partial charge is 0.335 e. The third kappa shape index (κ3) is 4.46. The average molecular weight is 572 g/mol. The third-order valence-electron chi connectivity index (χ3n) is 9.59. The van der Waals surface area contributed by atoms with Crippen LogP contribution in [0.2, 0.25) is 0 Å². The van der Waals surface area contributed by atoms with Crippen molar-refractivity contribution in [1.29, 1.82) is 0 Å². The Balaban J connectivity index is 1.43. The van der Waals surface area contributed by atoms with Crippen LogP contribution in [0.1, 0.15) is 56.9 Å². The number of benzene rings is 6. The van der Waals surface area contributed by atoms with E-state index >= 15 is 0 Å². The first-order valence-corrected chi connectivity index (χ1v) is 15.8. The molecule has 0 fully saturated rings. The van der Waals surface area contributed by atoms with E-state index in [0.29, 0.717) is 0 Å². The van der Waals surface area contributed by atoms with Crippen LogP contribution < -0.4 is 4.90 Å². The van der Waals surface area contributed by atoms with Crippen molar-refractivity contribution in [3.63, 3.8) is 0 Å². The second-order valence-corrected chi connectivity index (χ2v) is 13.9. The molecule has 0 heterocycles. The number of hydrogen-bond donors (Lipinski definition) is 0. The van der Waals surface area contributed by atoms with Crippen molar-refractivity contribution in [2.45, 2.75) is 59.4 Å². The summed E-state index contributed by atoms with van der Waals surface area (Å²) in [7, 11) is 0. The summed E-state index contributed by atoms with van der Waals surface area (Å²) in [5.74, 6) is 0. The second-order valence-electron chi connectivity index (χ2n) is 13.9. The van der Waals surface area contributed by atoms with Gasteiger partial charge in [0.2, 0.25) is 0 Å². The Morgan fingerprint density at radius 2 is 1.16 bits per heavy atom. The van der Waals surface area contributed by atoms with E-state index in [-0.39, 0.29) is 11.0 Å². The SMILES string of the molecule is Cc1cc2c(cc1-c1ccc(N(c3cc(-c4ccccc4)ccc3C)C(C)(C)C)c3ccccc13)-c1ccccc1C2(C)C. The normalized spacial score (nSPS) is 13.5. The van der Waals surface area contributed by atoms with Crippen LogP contribution >= 0.6 is 0 Å². The van der Waals surface area contributed by atoms with Crippen LogP contribution in [0.5, 0.6) is 0 Å². The van der Waals surface area contributed by atoms with Crippen molar-refractivity contribution in [2.24, 2.45) is 0 Å². The maximum atomic E-state index is 2.54. The fourth-order valence-corrected chi connectivity index (χ4v) is 7.37. The van der Waals surface area contributed by atoms with E-state index in [2.05, 4.69) is 175 Å². The summed E-state index contributed by atoms with van der Waals surface area (Å²) in [4.78, 5) is 2.54. The van der Waals surface area contributed by atoms with Gasteiger partial charge in [0.1, 0.15) is 0 Å². The number of fused-ring (bicyclic) bond motifs is 4. The summed E-state index contributed by atoms with van der Waals surface area (Å²) in [6.07, 6.45) is 0. The summed E-state index contributed by atoms with van der Waals surface area (Å²) in [5.41, 5.74) is 15.5. The maximum Gasteiger partial charge on any atom is 0.0495 e. The molecule has 6 aromatic rings. The van der Waals surface area contributed by atoms with E-state index < -0.39 is 0 Å². The molecule has 1 aliphatic rings. The van der Waals surface area contributed by atoms with E-state index in [4.69, 9.17) is 0 Å². The highest BCUT2D eigenvalue weighted by Gasteiger charge is 2.36. The molecule has 0 unspecified atom stereocenters. The molecule has 1 heteroatoms. The molecule has 0 N–H and O–H groups in total. The zero-order valence-corrected chi connectivity index (χ0v) is 27.0. The quantitative estimate of drug-likeness (QED) is 0.203. The lowest BCUT2D eigenvalue weighted by Crippen LogP contribution is -2.38. The molecular weight excluding hydrogens is 530 g/mol. The van der Waals surface area contributed by atoms with Crippen molar-refractivity contribution >= 4 is 22.1 Å². The fraction of sp³-hybridized carbons (Fsp3) is 0.209. The highest BCUT2D eigenvalue weighted by atomic mass is 15.2. The lowest BCUT2D eigenvalue weighted by atomic mass is 9.81. The molecule has 6 aromatic carbocycles. The van der Waals surface area contributed by atoms with Crippen molar-refractivity contribution in [1.82, 2.24) is 0 Å². The first kappa shape index (κ1) is 28.2. The summed E-state index contributed by atoms with van der Waals surface area (Å²) in [5, 5.41) is 2.55. The van der Waals surface area contributed by atoms with Gasteiger partial charge in [0.15, 0.2) is 0 Å². The van der Waals surface area contributed by atoms with Crippen LogP contribution in [0, 0.1) is 13.8 Å². The van der Waals surface area contributed by atoms with Gasteiger partial charge < -0.3 is 4.90 Å². The monoisotopic (exact) mass is 571 g/mol. The molecule has 0 saturated carbocycles. The Labute approximate surface area is 262 Å². The van der Waals surface area contributed by atoms with Crippen molar-refractivity contribution < 1.29 is 0 Å². The smallest absolute Gasteiger partial charge is 0.0495 e. The van der Waals surface area contributed by atoms with Gasteiger partial charge in [-0.3, -0.25) is 0 Å². The summed E-state index contributed by atoms with van der Waals surface area (Å²) in [6.45, 7) is 16.2. The van der Waals surface area contributed by atoms with E-state index in [1.54, 1.807) is 0 Å². The Hall–Kier alpha value is -4.62. The molecule has 0 amide bonds. The third-order valence-corrected chi connectivity index (χ3v) is 9.59. The van der Waals surface area contributed by atoms with Gasteiger partial charge in [0, 0.05) is 27.7 Å². The zero-order chi connectivity index (χ0) is 30.8. The Morgan fingerprint density at radius 1 is 0.477 bits per heavy atom. The number of aryl methyl sites for hydroxylation is 2. The van der Waals surface area contributed by atoms with Crippen LogP contribution in [-0.2, 0) is 5.41 Å². The highest BCUT2D eigenvalue weighted by Crippen LogP contribution is 2.51. The van der Waals surface area contributed by atoms with Crippen LogP contribution in [0.25, 0.3) is 44.2 Å². The van der Waals surface area contributed by atoms with Gasteiger partial charge in [-0.05, 0) is 114 Å². The predicted molar refractivity (Wildman–Crippen MR) is 190 cm³/mol. The van der Waals surface area contributed by atoms with Crippen molar-refractivity contribution in [3.05, 3.63) is 144 Å². The standard InChI is InChI=1S/C43H41N/c1-28-21-22-31(30-15-9-8-10-16-30)26-41(28)44(42(3,4)5)40-24-23-33(32-17-11-12-19-35(32)40)36-27-37-34-18-13-14-20-38(34)43(6,7)39(37)25-29(36)2/h8-27H,1-7H3. The molecular formula is C43H41N. The molecule has 1 aliphatic carbocycles. The van der Waals surface area contributed by atoms with E-state index in [1.165, 1.54) is 77.8 Å². The van der Waals surface area contributed by atoms with Crippen LogP contribution in [0.3, 0.4) is 0 Å². The number of hydrogen-bond acceptors (Lipinski definition) is 1. The first-order valence-electron chi connectivity index (χ1n) is 15.8. The molecule has 218 valence electrons. The Kier molecular flexibility index (Phi) is 6.55. The lowest BCUT2D eigenvalue weighted by molar-refractivity contribution is 0.560. The zero-order valence-electron chi connectivity index (χ0n) is 27.0. The van der Waals surface area contributed by atoms with Crippen LogP contribution in [-0.4, -0.2) is 5.54 Å². The maximum absolute atomic E-state index is 2.54. The molecule has 0 spiro atoms. The summed E-state index contributed by atoms with van der Waals surface area (Å²) < 4.78 is 0. The lowest BCUT2D eigenvalue weighted by Gasteiger charge is -2.40. The molecule has 1 nitrogen and oxygen atoms in total. The molecule has 0 atom stereocenters. The number of anilines is 2. The minimum atomic E-state index is -0.150. The van der Waals surface area contributed by atoms with Crippen molar-refractivity contribution in [2.75, 3.05) is 4.90 Å². The molecule has 0 radical (unpaired) electrons. The number of rotatable bonds is 4. The van der Waals surface area contributed by atoms with Gasteiger partial charge in [-0.15, -0.1) is 0 Å². The van der Waals surface area contributed by atoms with Gasteiger partial charge in [0.05, 0.1) is 0 Å². The molecule has 0 bridgehead atoms. The number of nitrogens with zero attached hydrogens (tertiary/aromatic N) is 1. The molecule has 0 aliphatic heterocycles. The van der Waals surface area contributed by atoms with E-state index in [9.17, 15) is 0 Å². The van der Waals surface area contributed by atoms with Gasteiger partial charge in [-0.1, -0.05) is 117 Å². The molecule has 44 heavy (non-hydrogen) atoms. The molecule has 0 aromatic heterocycles. The van der Waals surface area contributed by atoms with Gasteiger partial charge in [-0.25, -0.2) is 0 Å². The van der Waals surface area contributed by atoms with Crippen LogP contribution in [0.15, 0.2) is 121 Å². The molecule has 7 rings (SSSR count). The predicted octanol–water partition coefficient (Wildman–Crippen LogP) is 12.0. The Morgan fingerprint density at radius 3 is 1.91 bits per heavy atom. The second kappa shape index (κ2) is 10.2. The van der Waals surface area contributed by atoms with E-state index in [0.717, 1.165) is 0 Å².